The Morgan fingerprint density at radius 2 is 1.81 bits per heavy atom. The molecular formula is C12H16F2N4O7S. The second kappa shape index (κ2) is 6.28. The van der Waals surface area contributed by atoms with E-state index in [1.165, 1.54) is 0 Å². The van der Waals surface area contributed by atoms with E-state index in [1.807, 2.05) is 0 Å². The van der Waals surface area contributed by atoms with Crippen molar-refractivity contribution in [2.24, 2.45) is 5.92 Å². The number of hydroxylamine groups is 2. The van der Waals surface area contributed by atoms with Gasteiger partial charge in [0.15, 0.2) is 0 Å². The molecule has 3 rings (SSSR count). The number of carbonyl (C=O) groups excluding carboxylic acids is 3. The van der Waals surface area contributed by atoms with Gasteiger partial charge in [-0.25, -0.2) is 13.6 Å². The number of halogens is 2. The van der Waals surface area contributed by atoms with E-state index in [0.717, 1.165) is 4.90 Å². The van der Waals surface area contributed by atoms with Gasteiger partial charge in [-0.3, -0.25) is 25.0 Å². The molecule has 2 saturated heterocycles. The predicted molar refractivity (Wildman–Crippen MR) is 77.3 cm³/mol. The highest BCUT2D eigenvalue weighted by molar-refractivity contribution is 7.80. The largest absolute Gasteiger partial charge is 0.418 e. The number of hydrogen-bond acceptors (Lipinski definition) is 6. The lowest BCUT2D eigenvalue weighted by molar-refractivity contribution is -0.152. The smallest absolute Gasteiger partial charge is 0.309 e. The molecule has 2 atom stereocenters. The fourth-order valence-electron chi connectivity index (χ4n) is 3.26. The van der Waals surface area contributed by atoms with Crippen LogP contribution in [0.3, 0.4) is 0 Å². The first-order valence-electron chi connectivity index (χ1n) is 7.71. The molecule has 0 aromatic heterocycles. The molecule has 1 aliphatic carbocycles. The van der Waals surface area contributed by atoms with Gasteiger partial charge in [-0.1, -0.05) is 0 Å². The minimum Gasteiger partial charge on any atom is -0.309 e. The Bertz CT molecular complexity index is 738. The average Bonchev–Trinajstić information content (AvgIpc) is 2.73. The SMILES string of the molecule is O=C(NNC(=O)[C@@H]1CC[C@@H]2CN1C(=O)N2OS(=O)(=O)O)C1CC(F)(F)C1. The first kappa shape index (κ1) is 18.7. The first-order chi connectivity index (χ1) is 12.0. The molecule has 1 saturated carbocycles. The molecule has 3 fully saturated rings. The predicted octanol–water partition coefficient (Wildman–Crippen LogP) is -0.818. The van der Waals surface area contributed by atoms with Crippen LogP contribution < -0.4 is 10.9 Å². The van der Waals surface area contributed by atoms with Crippen LogP contribution in [0.15, 0.2) is 0 Å². The maximum Gasteiger partial charge on any atom is 0.418 e. The van der Waals surface area contributed by atoms with E-state index in [-0.39, 0.29) is 19.4 Å². The van der Waals surface area contributed by atoms with Crippen LogP contribution in [0, 0.1) is 5.92 Å². The van der Waals surface area contributed by atoms with Crippen molar-refractivity contribution in [3.05, 3.63) is 0 Å². The first-order valence-corrected chi connectivity index (χ1v) is 9.08. The van der Waals surface area contributed by atoms with Gasteiger partial charge in [-0.2, -0.15) is 13.5 Å². The van der Waals surface area contributed by atoms with Crippen molar-refractivity contribution in [2.75, 3.05) is 6.54 Å². The molecule has 0 aromatic carbocycles. The topological polar surface area (TPSA) is 145 Å². The highest BCUT2D eigenvalue weighted by Gasteiger charge is 2.50. The number of hydrogen-bond donors (Lipinski definition) is 3. The highest BCUT2D eigenvalue weighted by atomic mass is 32.3. The molecule has 3 N–H and O–H groups in total. The lowest BCUT2D eigenvalue weighted by Gasteiger charge is -2.34. The zero-order chi connectivity index (χ0) is 19.3. The van der Waals surface area contributed by atoms with Crippen molar-refractivity contribution in [2.45, 2.75) is 43.7 Å². The fraction of sp³-hybridized carbons (Fsp3) is 0.750. The van der Waals surface area contributed by atoms with Crippen molar-refractivity contribution in [3.8, 4) is 0 Å². The molecule has 3 aliphatic rings. The van der Waals surface area contributed by atoms with Crippen LogP contribution in [-0.2, 0) is 24.3 Å². The number of nitrogens with one attached hydrogen (secondary N) is 2. The highest BCUT2D eigenvalue weighted by Crippen LogP contribution is 2.42. The normalized spacial score (nSPS) is 27.9. The maximum absolute atomic E-state index is 12.7. The number of hydrazine groups is 1. The number of urea groups is 1. The van der Waals surface area contributed by atoms with E-state index in [4.69, 9.17) is 4.55 Å². The van der Waals surface area contributed by atoms with E-state index in [2.05, 4.69) is 15.1 Å². The van der Waals surface area contributed by atoms with Crippen molar-refractivity contribution in [1.82, 2.24) is 20.8 Å². The van der Waals surface area contributed by atoms with Gasteiger partial charge in [0.05, 0.1) is 12.0 Å². The lowest BCUT2D eigenvalue weighted by Crippen LogP contribution is -2.56. The molecule has 26 heavy (non-hydrogen) atoms. The van der Waals surface area contributed by atoms with E-state index in [0.29, 0.717) is 5.06 Å². The number of amides is 4. The van der Waals surface area contributed by atoms with Gasteiger partial charge >= 0.3 is 16.4 Å². The minimum absolute atomic E-state index is 0.00473. The summed E-state index contributed by atoms with van der Waals surface area (Å²) in [4.78, 5) is 37.1. The molecule has 2 heterocycles. The summed E-state index contributed by atoms with van der Waals surface area (Å²) in [5.41, 5.74) is 4.14. The standard InChI is InChI=1S/C12H16F2N4O7S/c13-12(14)3-6(4-12)9(19)15-16-10(20)8-2-1-7-5-17(8)11(21)18(7)25-26(22,23)24/h6-8H,1-5H2,(H,15,19)(H,16,20)(H,22,23,24)/t7-,8+/m1/s1. The maximum atomic E-state index is 12.7. The Balaban J connectivity index is 1.55. The van der Waals surface area contributed by atoms with Crippen LogP contribution >= 0.6 is 0 Å². The number of piperidine rings is 1. The molecule has 2 aliphatic heterocycles. The summed E-state index contributed by atoms with van der Waals surface area (Å²) in [5.74, 6) is -5.26. The third kappa shape index (κ3) is 3.71. The molecule has 0 radical (unpaired) electrons. The third-order valence-electron chi connectivity index (χ3n) is 4.57. The van der Waals surface area contributed by atoms with Crippen molar-refractivity contribution < 1.29 is 40.4 Å². The number of alkyl halides is 2. The summed E-state index contributed by atoms with van der Waals surface area (Å²) in [6, 6.07) is -2.58. The van der Waals surface area contributed by atoms with Gasteiger partial charge in [-0.05, 0) is 12.8 Å². The van der Waals surface area contributed by atoms with Crippen LogP contribution in [0.25, 0.3) is 0 Å². The molecule has 0 unspecified atom stereocenters. The van der Waals surface area contributed by atoms with E-state index < -0.39 is 65.0 Å². The summed E-state index contributed by atoms with van der Waals surface area (Å²) in [6.07, 6.45) is -0.803. The fourth-order valence-corrected chi connectivity index (χ4v) is 3.65. The number of rotatable bonds is 4. The Morgan fingerprint density at radius 1 is 1.19 bits per heavy atom. The minimum atomic E-state index is -4.89. The number of nitrogens with zero attached hydrogens (tertiary/aromatic N) is 2. The number of carbonyl (C=O) groups is 3. The van der Waals surface area contributed by atoms with Gasteiger partial charge in [0, 0.05) is 19.4 Å². The summed E-state index contributed by atoms with van der Waals surface area (Å²) < 4.78 is 60.0. The quantitative estimate of drug-likeness (QED) is 0.414. The summed E-state index contributed by atoms with van der Waals surface area (Å²) in [7, 11) is -4.89. The average molecular weight is 398 g/mol. The lowest BCUT2D eigenvalue weighted by atomic mass is 9.81. The van der Waals surface area contributed by atoms with E-state index >= 15 is 0 Å². The molecule has 14 heteroatoms. The summed E-state index contributed by atoms with van der Waals surface area (Å²) >= 11 is 0. The zero-order valence-corrected chi connectivity index (χ0v) is 14.0. The summed E-state index contributed by atoms with van der Waals surface area (Å²) in [5, 5.41) is 0.484. The molecule has 2 bridgehead atoms. The van der Waals surface area contributed by atoms with Gasteiger partial charge in [0.1, 0.15) is 6.04 Å². The van der Waals surface area contributed by atoms with Crippen molar-refractivity contribution >= 4 is 28.2 Å². The molecule has 146 valence electrons. The van der Waals surface area contributed by atoms with Crippen LogP contribution in [0.5, 0.6) is 0 Å². The number of fused-ring (bicyclic) bond motifs is 2. The Labute approximate surface area is 146 Å². The van der Waals surface area contributed by atoms with Crippen LogP contribution in [0.4, 0.5) is 13.6 Å². The Morgan fingerprint density at radius 3 is 2.38 bits per heavy atom. The molecule has 4 amide bonds. The monoisotopic (exact) mass is 398 g/mol. The second-order valence-electron chi connectivity index (χ2n) is 6.45. The van der Waals surface area contributed by atoms with Crippen LogP contribution in [-0.4, -0.2) is 65.3 Å². The summed E-state index contributed by atoms with van der Waals surface area (Å²) in [6.45, 7) is -0.00473. The molecular weight excluding hydrogens is 382 g/mol. The van der Waals surface area contributed by atoms with Gasteiger partial charge in [0.2, 0.25) is 11.8 Å². The van der Waals surface area contributed by atoms with E-state index in [9.17, 15) is 31.6 Å². The third-order valence-corrected chi connectivity index (χ3v) is 4.92. The van der Waals surface area contributed by atoms with Crippen molar-refractivity contribution in [1.29, 1.82) is 0 Å². The molecule has 0 aromatic rings. The second-order valence-corrected chi connectivity index (χ2v) is 7.45. The Kier molecular flexibility index (Phi) is 4.52. The van der Waals surface area contributed by atoms with Gasteiger partial charge in [-0.15, -0.1) is 4.28 Å². The van der Waals surface area contributed by atoms with Gasteiger partial charge in [0.25, 0.3) is 5.91 Å². The van der Waals surface area contributed by atoms with Crippen LogP contribution in [0.2, 0.25) is 0 Å². The molecule has 0 spiro atoms. The van der Waals surface area contributed by atoms with Crippen molar-refractivity contribution in [3.63, 3.8) is 0 Å². The zero-order valence-electron chi connectivity index (χ0n) is 13.2. The molecule has 11 nitrogen and oxygen atoms in total. The Hall–Kier alpha value is -2.06. The van der Waals surface area contributed by atoms with E-state index in [1.54, 1.807) is 0 Å². The van der Waals surface area contributed by atoms with Gasteiger partial charge < -0.3 is 4.90 Å². The van der Waals surface area contributed by atoms with Crippen LogP contribution in [0.1, 0.15) is 25.7 Å².